The van der Waals surface area contributed by atoms with E-state index in [0.29, 0.717) is 22.3 Å². The third kappa shape index (κ3) is 2.81. The molecule has 1 aromatic heterocycles. The Morgan fingerprint density at radius 3 is 2.47 bits per heavy atom. The van der Waals surface area contributed by atoms with E-state index in [1.807, 2.05) is 6.92 Å². The van der Waals surface area contributed by atoms with Gasteiger partial charge in [0.1, 0.15) is 23.7 Å². The van der Waals surface area contributed by atoms with E-state index in [1.54, 1.807) is 0 Å². The Kier molecular flexibility index (Phi) is 3.94. The van der Waals surface area contributed by atoms with Gasteiger partial charge in [-0.1, -0.05) is 22.9 Å². The van der Waals surface area contributed by atoms with Crippen molar-refractivity contribution < 1.29 is 8.78 Å². The quantitative estimate of drug-likeness (QED) is 0.906. The molecule has 100 valence electrons. The first-order valence-corrected chi connectivity index (χ1v) is 6.33. The zero-order chi connectivity index (χ0) is 14.0. The van der Waals surface area contributed by atoms with Gasteiger partial charge in [0.15, 0.2) is 11.6 Å². The highest BCUT2D eigenvalue weighted by Gasteiger charge is 2.14. The van der Waals surface area contributed by atoms with E-state index in [0.717, 1.165) is 0 Å². The smallest absolute Gasteiger partial charge is 0.150 e. The van der Waals surface area contributed by atoms with Crippen LogP contribution in [-0.4, -0.2) is 9.97 Å². The molecule has 2 rings (SSSR count). The van der Waals surface area contributed by atoms with Gasteiger partial charge in [0.25, 0.3) is 0 Å². The molecule has 0 amide bonds. The molecule has 0 aliphatic heterocycles. The fourth-order valence-corrected chi connectivity index (χ4v) is 2.06. The molecule has 2 aromatic rings. The fraction of sp³-hybridized carbons (Fsp3) is 0.167. The second-order valence-corrected chi connectivity index (χ2v) is 4.72. The van der Waals surface area contributed by atoms with Crippen LogP contribution in [0.5, 0.6) is 0 Å². The van der Waals surface area contributed by atoms with Crippen molar-refractivity contribution >= 4 is 33.3 Å². The number of hydrogen-bond donors (Lipinski definition) is 2. The molecule has 0 saturated carbocycles. The lowest BCUT2D eigenvalue weighted by atomic mass is 10.2. The number of nitrogens with zero attached hydrogens (tertiary/aromatic N) is 2. The zero-order valence-electron chi connectivity index (χ0n) is 10.0. The monoisotopic (exact) mass is 328 g/mol. The van der Waals surface area contributed by atoms with Crippen LogP contribution in [0.3, 0.4) is 0 Å². The van der Waals surface area contributed by atoms with Gasteiger partial charge in [-0.25, -0.2) is 18.7 Å². The molecule has 3 N–H and O–H groups in total. The highest BCUT2D eigenvalue weighted by molar-refractivity contribution is 9.10. The van der Waals surface area contributed by atoms with E-state index in [1.165, 1.54) is 18.5 Å². The van der Waals surface area contributed by atoms with Crippen LogP contribution in [0.15, 0.2) is 22.9 Å². The number of anilines is 3. The number of nitrogens with two attached hydrogens (primary N) is 1. The van der Waals surface area contributed by atoms with Crippen LogP contribution in [0.4, 0.5) is 26.1 Å². The molecule has 0 spiro atoms. The molecule has 1 heterocycles. The third-order valence-corrected chi connectivity index (χ3v) is 3.04. The normalized spacial score (nSPS) is 10.5. The highest BCUT2D eigenvalue weighted by atomic mass is 79.9. The molecular weight excluding hydrogens is 318 g/mol. The molecule has 0 bridgehead atoms. The predicted molar refractivity (Wildman–Crippen MR) is 73.2 cm³/mol. The van der Waals surface area contributed by atoms with E-state index in [4.69, 9.17) is 5.73 Å². The second-order valence-electron chi connectivity index (χ2n) is 3.81. The maximum absolute atomic E-state index is 13.7. The molecule has 1 aromatic carbocycles. The van der Waals surface area contributed by atoms with Gasteiger partial charge in [0, 0.05) is 10.0 Å². The maximum Gasteiger partial charge on any atom is 0.150 e. The first kappa shape index (κ1) is 13.7. The lowest BCUT2D eigenvalue weighted by Gasteiger charge is -2.12. The van der Waals surface area contributed by atoms with Crippen molar-refractivity contribution in [2.24, 2.45) is 0 Å². The lowest BCUT2D eigenvalue weighted by Crippen LogP contribution is -2.06. The van der Waals surface area contributed by atoms with Gasteiger partial charge in [-0.2, -0.15) is 0 Å². The van der Waals surface area contributed by atoms with E-state index < -0.39 is 11.6 Å². The van der Waals surface area contributed by atoms with Crippen LogP contribution in [0, 0.1) is 11.6 Å². The Bertz CT molecular complexity index is 596. The van der Waals surface area contributed by atoms with Crippen molar-refractivity contribution in [3.63, 3.8) is 0 Å². The van der Waals surface area contributed by atoms with Gasteiger partial charge in [-0.05, 0) is 18.6 Å². The first-order valence-electron chi connectivity index (χ1n) is 5.53. The van der Waals surface area contributed by atoms with Gasteiger partial charge < -0.3 is 11.1 Å². The van der Waals surface area contributed by atoms with Crippen LogP contribution in [0.1, 0.15) is 12.5 Å². The molecule has 0 unspecified atom stereocenters. The van der Waals surface area contributed by atoms with Crippen molar-refractivity contribution in [3.05, 3.63) is 40.1 Å². The summed E-state index contributed by atoms with van der Waals surface area (Å²) in [5.74, 6) is -0.842. The van der Waals surface area contributed by atoms with Crippen LogP contribution in [-0.2, 0) is 6.42 Å². The Morgan fingerprint density at radius 2 is 1.89 bits per heavy atom. The zero-order valence-corrected chi connectivity index (χ0v) is 11.6. The topological polar surface area (TPSA) is 63.8 Å². The molecule has 0 aliphatic rings. The maximum atomic E-state index is 13.7. The molecular formula is C12H11BrF2N4. The molecule has 0 saturated heterocycles. The molecule has 7 heteroatoms. The van der Waals surface area contributed by atoms with E-state index >= 15 is 0 Å². The first-order chi connectivity index (χ1) is 9.02. The average Bonchev–Trinajstić information content (AvgIpc) is 2.34. The molecule has 0 radical (unpaired) electrons. The average molecular weight is 329 g/mol. The molecule has 4 nitrogen and oxygen atoms in total. The Labute approximate surface area is 117 Å². The number of benzene rings is 1. The molecule has 0 aliphatic carbocycles. The summed E-state index contributed by atoms with van der Waals surface area (Å²) in [4.78, 5) is 7.81. The lowest BCUT2D eigenvalue weighted by molar-refractivity contribution is 0.589. The van der Waals surface area contributed by atoms with Crippen LogP contribution in [0.25, 0.3) is 0 Å². The number of hydrogen-bond acceptors (Lipinski definition) is 4. The van der Waals surface area contributed by atoms with Crippen molar-refractivity contribution in [2.45, 2.75) is 13.3 Å². The third-order valence-electron chi connectivity index (χ3n) is 2.58. The molecule has 0 fully saturated rings. The largest absolute Gasteiger partial charge is 0.383 e. The standard InChI is InChI=1S/C12H11BrF2N4/c1-2-7-11(16)17-5-18-12(7)19-10-8(14)3-6(13)4-9(10)15/h3-5H,2H2,1H3,(H3,16,17,18,19). The number of aromatic nitrogens is 2. The number of nitrogens with one attached hydrogen (secondary N) is 1. The van der Waals surface area contributed by atoms with Crippen LogP contribution < -0.4 is 11.1 Å². The summed E-state index contributed by atoms with van der Waals surface area (Å²) in [7, 11) is 0. The van der Waals surface area contributed by atoms with E-state index in [2.05, 4.69) is 31.2 Å². The summed E-state index contributed by atoms with van der Waals surface area (Å²) < 4.78 is 27.8. The van der Waals surface area contributed by atoms with Gasteiger partial charge >= 0.3 is 0 Å². The van der Waals surface area contributed by atoms with Crippen LogP contribution >= 0.6 is 15.9 Å². The number of nitrogen functional groups attached to an aromatic ring is 1. The van der Waals surface area contributed by atoms with Crippen molar-refractivity contribution in [1.82, 2.24) is 9.97 Å². The summed E-state index contributed by atoms with van der Waals surface area (Å²) in [5, 5.41) is 2.63. The molecule has 0 atom stereocenters. The van der Waals surface area contributed by atoms with Gasteiger partial charge in [-0.3, -0.25) is 0 Å². The SMILES string of the molecule is CCc1c(N)ncnc1Nc1c(F)cc(Br)cc1F. The summed E-state index contributed by atoms with van der Waals surface area (Å²) in [6, 6.07) is 2.34. The Hall–Kier alpha value is -1.76. The fourth-order valence-electron chi connectivity index (χ4n) is 1.66. The minimum Gasteiger partial charge on any atom is -0.383 e. The van der Waals surface area contributed by atoms with Crippen molar-refractivity contribution in [1.29, 1.82) is 0 Å². The van der Waals surface area contributed by atoms with Crippen molar-refractivity contribution in [3.8, 4) is 0 Å². The van der Waals surface area contributed by atoms with Crippen molar-refractivity contribution in [2.75, 3.05) is 11.1 Å². The highest BCUT2D eigenvalue weighted by Crippen LogP contribution is 2.28. The predicted octanol–water partition coefficient (Wildman–Crippen LogP) is 3.41. The van der Waals surface area contributed by atoms with Gasteiger partial charge in [0.2, 0.25) is 0 Å². The summed E-state index contributed by atoms with van der Waals surface area (Å²) >= 11 is 3.02. The van der Waals surface area contributed by atoms with E-state index in [-0.39, 0.29) is 11.5 Å². The van der Waals surface area contributed by atoms with Gasteiger partial charge in [0.05, 0.1) is 0 Å². The minimum atomic E-state index is -0.717. The molecule has 19 heavy (non-hydrogen) atoms. The Morgan fingerprint density at radius 1 is 1.26 bits per heavy atom. The minimum absolute atomic E-state index is 0.268. The summed E-state index contributed by atoms with van der Waals surface area (Å²) in [5.41, 5.74) is 6.05. The summed E-state index contributed by atoms with van der Waals surface area (Å²) in [6.45, 7) is 1.86. The van der Waals surface area contributed by atoms with Gasteiger partial charge in [-0.15, -0.1) is 0 Å². The second kappa shape index (κ2) is 5.48. The Balaban J connectivity index is 2.45. The van der Waals surface area contributed by atoms with Crippen LogP contribution in [0.2, 0.25) is 0 Å². The summed E-state index contributed by atoms with van der Waals surface area (Å²) in [6.07, 6.45) is 1.79. The number of rotatable bonds is 3. The van der Waals surface area contributed by atoms with E-state index in [9.17, 15) is 8.78 Å². The number of halogens is 3.